The van der Waals surface area contributed by atoms with Gasteiger partial charge in [0.25, 0.3) is 0 Å². The molecule has 0 aromatic heterocycles. The highest BCUT2D eigenvalue weighted by atomic mass is 16.3. The van der Waals surface area contributed by atoms with E-state index in [0.717, 1.165) is 12.2 Å². The van der Waals surface area contributed by atoms with Crippen LogP contribution < -0.4 is 10.6 Å². The third-order valence-electron chi connectivity index (χ3n) is 4.97. The van der Waals surface area contributed by atoms with E-state index in [4.69, 9.17) is 0 Å². The minimum Gasteiger partial charge on any atom is -0.392 e. The highest BCUT2D eigenvalue weighted by molar-refractivity contribution is 5.95. The average molecular weight is 317 g/mol. The van der Waals surface area contributed by atoms with E-state index in [1.54, 1.807) is 0 Å². The normalized spacial score (nSPS) is 28.7. The third kappa shape index (κ3) is 4.31. The molecule has 126 valence electrons. The molecular formula is C18H27N3O2. The van der Waals surface area contributed by atoms with Crippen LogP contribution in [0.2, 0.25) is 0 Å². The summed E-state index contributed by atoms with van der Waals surface area (Å²) >= 11 is 0. The molecule has 23 heavy (non-hydrogen) atoms. The Morgan fingerprint density at radius 1 is 1.35 bits per heavy atom. The number of hydrogen-bond donors (Lipinski definition) is 3. The molecule has 1 aromatic carbocycles. The first kappa shape index (κ1) is 16.4. The van der Waals surface area contributed by atoms with Gasteiger partial charge < -0.3 is 15.7 Å². The number of aliphatic hydroxyl groups is 1. The maximum Gasteiger partial charge on any atom is 0.241 e. The van der Waals surface area contributed by atoms with Crippen molar-refractivity contribution in [3.8, 4) is 0 Å². The van der Waals surface area contributed by atoms with Crippen LogP contribution in [0.25, 0.3) is 0 Å². The predicted octanol–water partition coefficient (Wildman–Crippen LogP) is 1.72. The molecule has 2 saturated heterocycles. The molecule has 0 bridgehead atoms. The molecule has 3 N–H and O–H groups in total. The molecule has 2 heterocycles. The SMILES string of the molecule is CC1CCCCN1Cc1ccc(NC(=O)C2CC(O)CN2)cc1. The Kier molecular flexibility index (Phi) is 5.30. The van der Waals surface area contributed by atoms with Crippen molar-refractivity contribution < 1.29 is 9.90 Å². The van der Waals surface area contributed by atoms with Crippen LogP contribution in [0.3, 0.4) is 0 Å². The summed E-state index contributed by atoms with van der Waals surface area (Å²) in [4.78, 5) is 14.6. The molecule has 2 aliphatic heterocycles. The van der Waals surface area contributed by atoms with E-state index >= 15 is 0 Å². The van der Waals surface area contributed by atoms with Crippen LogP contribution in [0, 0.1) is 0 Å². The Balaban J connectivity index is 1.53. The lowest BCUT2D eigenvalue weighted by atomic mass is 10.0. The minimum absolute atomic E-state index is 0.0704. The number of nitrogens with zero attached hydrogens (tertiary/aromatic N) is 1. The molecule has 0 radical (unpaired) electrons. The van der Waals surface area contributed by atoms with Crippen molar-refractivity contribution in [1.82, 2.24) is 10.2 Å². The molecule has 3 atom stereocenters. The second-order valence-corrected chi connectivity index (χ2v) is 6.85. The molecular weight excluding hydrogens is 290 g/mol. The number of aliphatic hydroxyl groups excluding tert-OH is 1. The molecule has 3 rings (SSSR count). The number of anilines is 1. The van der Waals surface area contributed by atoms with Gasteiger partial charge >= 0.3 is 0 Å². The monoisotopic (exact) mass is 317 g/mol. The summed E-state index contributed by atoms with van der Waals surface area (Å²) in [6, 6.07) is 8.48. The van der Waals surface area contributed by atoms with Crippen LogP contribution in [0.5, 0.6) is 0 Å². The van der Waals surface area contributed by atoms with Crippen LogP contribution in [0.4, 0.5) is 5.69 Å². The summed E-state index contributed by atoms with van der Waals surface area (Å²) < 4.78 is 0. The van der Waals surface area contributed by atoms with Gasteiger partial charge in [0.1, 0.15) is 0 Å². The minimum atomic E-state index is -0.417. The van der Waals surface area contributed by atoms with Crippen molar-refractivity contribution in [3.05, 3.63) is 29.8 Å². The molecule has 2 fully saturated rings. The van der Waals surface area contributed by atoms with E-state index in [1.165, 1.54) is 31.4 Å². The van der Waals surface area contributed by atoms with Gasteiger partial charge in [0.2, 0.25) is 5.91 Å². The quantitative estimate of drug-likeness (QED) is 0.791. The highest BCUT2D eigenvalue weighted by Crippen LogP contribution is 2.20. The second-order valence-electron chi connectivity index (χ2n) is 6.85. The molecule has 2 aliphatic rings. The predicted molar refractivity (Wildman–Crippen MR) is 91.2 cm³/mol. The Morgan fingerprint density at radius 3 is 2.78 bits per heavy atom. The number of carbonyl (C=O) groups excluding carboxylic acids is 1. The number of hydrogen-bond acceptors (Lipinski definition) is 4. The van der Waals surface area contributed by atoms with Gasteiger partial charge in [-0.15, -0.1) is 0 Å². The van der Waals surface area contributed by atoms with Gasteiger partial charge in [0.15, 0.2) is 0 Å². The van der Waals surface area contributed by atoms with Crippen molar-refractivity contribution in [2.45, 2.75) is 57.3 Å². The summed E-state index contributed by atoms with van der Waals surface area (Å²) in [5.74, 6) is -0.0704. The zero-order valence-corrected chi connectivity index (χ0v) is 13.8. The third-order valence-corrected chi connectivity index (χ3v) is 4.97. The van der Waals surface area contributed by atoms with Crippen molar-refractivity contribution >= 4 is 11.6 Å². The molecule has 0 spiro atoms. The largest absolute Gasteiger partial charge is 0.392 e. The van der Waals surface area contributed by atoms with Crippen LogP contribution in [-0.2, 0) is 11.3 Å². The van der Waals surface area contributed by atoms with Crippen molar-refractivity contribution in [3.63, 3.8) is 0 Å². The summed E-state index contributed by atoms with van der Waals surface area (Å²) in [6.07, 6.45) is 3.98. The zero-order chi connectivity index (χ0) is 16.2. The number of benzene rings is 1. The molecule has 0 aliphatic carbocycles. The number of likely N-dealkylation sites (tertiary alicyclic amines) is 1. The average Bonchev–Trinajstić information content (AvgIpc) is 2.98. The van der Waals surface area contributed by atoms with E-state index in [0.29, 0.717) is 19.0 Å². The molecule has 5 heteroatoms. The number of carbonyl (C=O) groups is 1. The lowest BCUT2D eigenvalue weighted by molar-refractivity contribution is -0.117. The highest BCUT2D eigenvalue weighted by Gasteiger charge is 2.27. The standard InChI is InChI=1S/C18H27N3O2/c1-13-4-2-3-9-21(13)12-14-5-7-15(8-6-14)20-18(23)17-10-16(22)11-19-17/h5-8,13,16-17,19,22H,2-4,9-12H2,1H3,(H,20,23). The van der Waals surface area contributed by atoms with Crippen LogP contribution in [0.15, 0.2) is 24.3 Å². The van der Waals surface area contributed by atoms with E-state index in [-0.39, 0.29) is 11.9 Å². The van der Waals surface area contributed by atoms with Crippen LogP contribution in [-0.4, -0.2) is 47.2 Å². The van der Waals surface area contributed by atoms with Gasteiger partial charge in [-0.3, -0.25) is 9.69 Å². The van der Waals surface area contributed by atoms with Crippen LogP contribution >= 0.6 is 0 Å². The van der Waals surface area contributed by atoms with E-state index in [1.807, 2.05) is 12.1 Å². The first-order valence-corrected chi connectivity index (χ1v) is 8.67. The number of rotatable bonds is 4. The number of amides is 1. The fraction of sp³-hybridized carbons (Fsp3) is 0.611. The van der Waals surface area contributed by atoms with Crippen LogP contribution in [0.1, 0.15) is 38.2 Å². The van der Waals surface area contributed by atoms with Gasteiger partial charge in [0.05, 0.1) is 12.1 Å². The molecule has 0 saturated carbocycles. The Bertz CT molecular complexity index is 532. The van der Waals surface area contributed by atoms with E-state index in [2.05, 4.69) is 34.6 Å². The van der Waals surface area contributed by atoms with Gasteiger partial charge in [-0.2, -0.15) is 0 Å². The smallest absolute Gasteiger partial charge is 0.241 e. The fourth-order valence-electron chi connectivity index (χ4n) is 3.47. The molecule has 5 nitrogen and oxygen atoms in total. The molecule has 1 amide bonds. The summed E-state index contributed by atoms with van der Waals surface area (Å²) in [7, 11) is 0. The van der Waals surface area contributed by atoms with Gasteiger partial charge in [0, 0.05) is 24.8 Å². The lowest BCUT2D eigenvalue weighted by Gasteiger charge is -2.33. The Labute approximate surface area is 138 Å². The summed E-state index contributed by atoms with van der Waals surface area (Å²) in [5, 5.41) is 15.4. The number of nitrogens with one attached hydrogen (secondary N) is 2. The topological polar surface area (TPSA) is 64.6 Å². The van der Waals surface area contributed by atoms with Crippen molar-refractivity contribution in [2.75, 3.05) is 18.4 Å². The fourth-order valence-corrected chi connectivity index (χ4v) is 3.47. The summed E-state index contributed by atoms with van der Waals surface area (Å²) in [6.45, 7) is 4.95. The maximum absolute atomic E-state index is 12.1. The first-order chi connectivity index (χ1) is 11.1. The van der Waals surface area contributed by atoms with Crippen molar-refractivity contribution in [1.29, 1.82) is 0 Å². The Morgan fingerprint density at radius 2 is 2.13 bits per heavy atom. The van der Waals surface area contributed by atoms with E-state index in [9.17, 15) is 9.90 Å². The second kappa shape index (κ2) is 7.43. The maximum atomic E-state index is 12.1. The van der Waals surface area contributed by atoms with E-state index < -0.39 is 6.10 Å². The number of β-amino-alcohol motifs (C(OH)–C–C–N with tert-alkyl or cyclic N) is 1. The Hall–Kier alpha value is -1.43. The lowest BCUT2D eigenvalue weighted by Crippen LogP contribution is -2.36. The van der Waals surface area contributed by atoms with Gasteiger partial charge in [-0.1, -0.05) is 18.6 Å². The molecule has 1 aromatic rings. The zero-order valence-electron chi connectivity index (χ0n) is 13.8. The van der Waals surface area contributed by atoms with Crippen molar-refractivity contribution in [2.24, 2.45) is 0 Å². The molecule has 3 unspecified atom stereocenters. The summed E-state index contributed by atoms with van der Waals surface area (Å²) in [5.41, 5.74) is 2.10. The first-order valence-electron chi connectivity index (χ1n) is 8.67. The van der Waals surface area contributed by atoms with Gasteiger partial charge in [-0.25, -0.2) is 0 Å². The van der Waals surface area contributed by atoms with Gasteiger partial charge in [-0.05, 0) is 50.4 Å². The number of piperidine rings is 1.